The summed E-state index contributed by atoms with van der Waals surface area (Å²) in [5.74, 6) is -0.244. The summed E-state index contributed by atoms with van der Waals surface area (Å²) in [7, 11) is 4.07. The largest absolute Gasteiger partial charge is 0.373 e. The summed E-state index contributed by atoms with van der Waals surface area (Å²) in [6.07, 6.45) is 7.72. The van der Waals surface area contributed by atoms with Crippen molar-refractivity contribution in [2.75, 3.05) is 14.1 Å². The molecule has 8 heteroatoms. The summed E-state index contributed by atoms with van der Waals surface area (Å²) in [5, 5.41) is 11.1. The second-order valence-corrected chi connectivity index (χ2v) is 9.75. The van der Waals surface area contributed by atoms with Gasteiger partial charge in [-0.1, -0.05) is 24.3 Å². The number of H-pyrrole nitrogens is 2. The number of allylic oxidation sites excluding steroid dienone is 2. The molecular weight excluding hydrogens is 465 g/mol. The van der Waals surface area contributed by atoms with Crippen molar-refractivity contribution in [3.8, 4) is 22.6 Å². The Morgan fingerprint density at radius 2 is 1.89 bits per heavy atom. The van der Waals surface area contributed by atoms with Crippen LogP contribution in [0.5, 0.6) is 0 Å². The molecule has 0 bridgehead atoms. The van der Waals surface area contributed by atoms with Gasteiger partial charge < -0.3 is 15.2 Å². The summed E-state index contributed by atoms with van der Waals surface area (Å²) in [6, 6.07) is 15.1. The van der Waals surface area contributed by atoms with Gasteiger partial charge in [0.2, 0.25) is 0 Å². The number of pyridine rings is 2. The number of aromatic nitrogens is 5. The monoisotopic (exact) mass is 489 g/mol. The van der Waals surface area contributed by atoms with Gasteiger partial charge in [-0.3, -0.25) is 10.1 Å². The van der Waals surface area contributed by atoms with Gasteiger partial charge in [0, 0.05) is 41.3 Å². The molecule has 1 aromatic carbocycles. The van der Waals surface area contributed by atoms with E-state index in [1.165, 1.54) is 6.07 Å². The van der Waals surface area contributed by atoms with Crippen LogP contribution in [0.25, 0.3) is 39.3 Å². The first-order valence-corrected chi connectivity index (χ1v) is 12.2. The quantitative estimate of drug-likeness (QED) is 0.295. The van der Waals surface area contributed by atoms with E-state index in [1.807, 2.05) is 69.0 Å². The van der Waals surface area contributed by atoms with Gasteiger partial charge in [0.1, 0.15) is 23.1 Å². The molecule has 2 aliphatic rings. The van der Waals surface area contributed by atoms with Crippen molar-refractivity contribution in [3.63, 3.8) is 0 Å². The zero-order valence-electron chi connectivity index (χ0n) is 20.4. The zero-order chi connectivity index (χ0) is 25.1. The van der Waals surface area contributed by atoms with Crippen molar-refractivity contribution in [3.05, 3.63) is 107 Å². The highest BCUT2D eigenvalue weighted by molar-refractivity contribution is 5.93. The second kappa shape index (κ2) is 8.25. The summed E-state index contributed by atoms with van der Waals surface area (Å²) in [5.41, 5.74) is 10.6. The second-order valence-electron chi connectivity index (χ2n) is 9.75. The Morgan fingerprint density at radius 3 is 2.76 bits per heavy atom. The SMILES string of the molecule is CN(C)Cc1cncc(-c2ccc3[nH]nc(-c4cc5c([nH]4)C4NC4=CC=C5c4ccccc4F)c3n2)c1. The molecule has 5 heterocycles. The number of nitrogens with zero attached hydrogens (tertiary/aromatic N) is 4. The number of halogens is 1. The van der Waals surface area contributed by atoms with Gasteiger partial charge in [-0.05, 0) is 61.6 Å². The number of aromatic amines is 2. The Labute approximate surface area is 212 Å². The van der Waals surface area contributed by atoms with Crippen LogP contribution in [0.4, 0.5) is 4.39 Å². The molecule has 5 aromatic rings. The highest BCUT2D eigenvalue weighted by Crippen LogP contribution is 2.44. The lowest BCUT2D eigenvalue weighted by atomic mass is 9.97. The predicted octanol–water partition coefficient (Wildman–Crippen LogP) is 5.19. The van der Waals surface area contributed by atoms with E-state index >= 15 is 0 Å². The van der Waals surface area contributed by atoms with Crippen LogP contribution in [0.2, 0.25) is 0 Å². The molecule has 37 heavy (non-hydrogen) atoms. The molecule has 1 aliphatic heterocycles. The molecule has 3 N–H and O–H groups in total. The molecular formula is C29H24FN7. The molecule has 4 aromatic heterocycles. The third kappa shape index (κ3) is 3.73. The Balaban J connectivity index is 1.33. The van der Waals surface area contributed by atoms with Gasteiger partial charge in [-0.2, -0.15) is 5.10 Å². The molecule has 0 spiro atoms. The average molecular weight is 490 g/mol. The Bertz CT molecular complexity index is 1740. The first-order valence-electron chi connectivity index (χ1n) is 12.2. The van der Waals surface area contributed by atoms with Crippen LogP contribution in [0, 0.1) is 5.82 Å². The van der Waals surface area contributed by atoms with Crippen molar-refractivity contribution in [2.45, 2.75) is 12.6 Å². The van der Waals surface area contributed by atoms with E-state index in [0.29, 0.717) is 5.56 Å². The smallest absolute Gasteiger partial charge is 0.135 e. The minimum atomic E-state index is -0.244. The summed E-state index contributed by atoms with van der Waals surface area (Å²) in [6.45, 7) is 0.803. The van der Waals surface area contributed by atoms with Crippen molar-refractivity contribution in [2.24, 2.45) is 0 Å². The fourth-order valence-corrected chi connectivity index (χ4v) is 5.05. The number of benzene rings is 1. The Kier molecular flexibility index (Phi) is 4.84. The van der Waals surface area contributed by atoms with Crippen LogP contribution in [0.3, 0.4) is 0 Å². The average Bonchev–Trinajstić information content (AvgIpc) is 3.38. The summed E-state index contributed by atoms with van der Waals surface area (Å²) in [4.78, 5) is 15.1. The number of fused-ring (bicyclic) bond motifs is 4. The topological polar surface area (TPSA) is 95.4 Å². The zero-order valence-corrected chi connectivity index (χ0v) is 20.4. The Morgan fingerprint density at radius 1 is 1.00 bits per heavy atom. The Hall–Kier alpha value is -4.56. The van der Waals surface area contributed by atoms with Crippen LogP contribution in [0.1, 0.15) is 28.4 Å². The van der Waals surface area contributed by atoms with Crippen molar-refractivity contribution >= 4 is 16.6 Å². The number of nitrogens with one attached hydrogen (secondary N) is 3. The fraction of sp³-hybridized carbons (Fsp3) is 0.138. The molecule has 0 saturated carbocycles. The van der Waals surface area contributed by atoms with Crippen LogP contribution < -0.4 is 5.32 Å². The molecule has 0 amide bonds. The van der Waals surface area contributed by atoms with Crippen LogP contribution in [-0.2, 0) is 6.54 Å². The van der Waals surface area contributed by atoms with Gasteiger partial charge in [0.05, 0.1) is 22.6 Å². The predicted molar refractivity (Wildman–Crippen MR) is 142 cm³/mol. The normalized spacial score (nSPS) is 16.1. The molecule has 7 nitrogen and oxygen atoms in total. The highest BCUT2D eigenvalue weighted by Gasteiger charge is 2.36. The van der Waals surface area contributed by atoms with E-state index in [0.717, 1.165) is 68.3 Å². The molecule has 1 atom stereocenters. The lowest BCUT2D eigenvalue weighted by Crippen LogP contribution is -2.10. The van der Waals surface area contributed by atoms with Crippen molar-refractivity contribution < 1.29 is 4.39 Å². The van der Waals surface area contributed by atoms with Crippen LogP contribution in [0.15, 0.2) is 78.8 Å². The maximum atomic E-state index is 14.8. The first-order chi connectivity index (χ1) is 18.0. The number of rotatable bonds is 5. The third-order valence-corrected chi connectivity index (χ3v) is 6.81. The lowest BCUT2D eigenvalue weighted by molar-refractivity contribution is 0.402. The standard InChI is InChI=1S/C29H24FN7/c1-37(2)15-16-11-17(14-31-13-16)22-9-10-24-28(32-22)29(36-35-24)25-12-20-18(19-5-3-4-6-21(19)30)7-8-23-27(33-23)26(20)34-25/h3-14,27,33-34H,15H2,1-2H3,(H,35,36). The van der Waals surface area contributed by atoms with Gasteiger partial charge in [-0.15, -0.1) is 0 Å². The molecule has 7 rings (SSSR count). The first kappa shape index (κ1) is 21.7. The van der Waals surface area contributed by atoms with Crippen LogP contribution >= 0.6 is 0 Å². The number of hydrogen-bond donors (Lipinski definition) is 3. The van der Waals surface area contributed by atoms with Crippen molar-refractivity contribution in [1.29, 1.82) is 0 Å². The van der Waals surface area contributed by atoms with E-state index < -0.39 is 0 Å². The molecule has 1 aliphatic carbocycles. The maximum Gasteiger partial charge on any atom is 0.135 e. The van der Waals surface area contributed by atoms with E-state index in [4.69, 9.17) is 4.98 Å². The van der Waals surface area contributed by atoms with Crippen molar-refractivity contribution in [1.82, 2.24) is 35.4 Å². The molecule has 1 unspecified atom stereocenters. The molecule has 1 saturated heterocycles. The number of hydrogen-bond acceptors (Lipinski definition) is 5. The van der Waals surface area contributed by atoms with E-state index in [2.05, 4.69) is 36.4 Å². The van der Waals surface area contributed by atoms with E-state index in [-0.39, 0.29) is 11.9 Å². The van der Waals surface area contributed by atoms with E-state index in [9.17, 15) is 4.39 Å². The highest BCUT2D eigenvalue weighted by atomic mass is 19.1. The fourth-order valence-electron chi connectivity index (χ4n) is 5.05. The van der Waals surface area contributed by atoms with Crippen LogP contribution in [-0.4, -0.2) is 44.1 Å². The summed E-state index contributed by atoms with van der Waals surface area (Å²) >= 11 is 0. The van der Waals surface area contributed by atoms with Gasteiger partial charge in [-0.25, -0.2) is 9.37 Å². The van der Waals surface area contributed by atoms with Gasteiger partial charge in [0.15, 0.2) is 0 Å². The maximum absolute atomic E-state index is 14.8. The molecule has 0 radical (unpaired) electrons. The van der Waals surface area contributed by atoms with E-state index in [1.54, 1.807) is 6.07 Å². The third-order valence-electron chi connectivity index (χ3n) is 6.81. The molecule has 1 fully saturated rings. The van der Waals surface area contributed by atoms with Gasteiger partial charge >= 0.3 is 0 Å². The summed E-state index contributed by atoms with van der Waals surface area (Å²) < 4.78 is 14.8. The van der Waals surface area contributed by atoms with Gasteiger partial charge in [0.25, 0.3) is 0 Å². The minimum Gasteiger partial charge on any atom is -0.373 e. The lowest BCUT2D eigenvalue weighted by Gasteiger charge is -2.10. The minimum absolute atomic E-state index is 0.0866. The molecule has 182 valence electrons.